The Kier molecular flexibility index (Phi) is 5.22. The predicted octanol–water partition coefficient (Wildman–Crippen LogP) is 5.42. The van der Waals surface area contributed by atoms with Gasteiger partial charge in [0, 0.05) is 27.1 Å². The first-order valence-corrected chi connectivity index (χ1v) is 9.89. The van der Waals surface area contributed by atoms with E-state index in [-0.39, 0.29) is 0 Å². The molecule has 1 saturated carbocycles. The van der Waals surface area contributed by atoms with E-state index < -0.39 is 0 Å². The summed E-state index contributed by atoms with van der Waals surface area (Å²) >= 11 is 4.18. The molecule has 20 heavy (non-hydrogen) atoms. The number of hydrogen-bond donors (Lipinski definition) is 1. The van der Waals surface area contributed by atoms with Crippen LogP contribution >= 0.6 is 23.5 Å². The second-order valence-electron chi connectivity index (χ2n) is 6.02. The average molecular weight is 308 g/mol. The zero-order valence-electron chi connectivity index (χ0n) is 12.3. The van der Waals surface area contributed by atoms with Gasteiger partial charge in [0.25, 0.3) is 0 Å². The molecule has 1 aliphatic heterocycles. The van der Waals surface area contributed by atoms with Crippen LogP contribution in [0.2, 0.25) is 0 Å². The van der Waals surface area contributed by atoms with Crippen LogP contribution in [-0.2, 0) is 0 Å². The van der Waals surface area contributed by atoms with Gasteiger partial charge in [0.15, 0.2) is 0 Å². The van der Waals surface area contributed by atoms with E-state index in [4.69, 9.17) is 0 Å². The maximum Gasteiger partial charge on any atom is 0.0377 e. The van der Waals surface area contributed by atoms with Gasteiger partial charge in [-0.3, -0.25) is 0 Å². The van der Waals surface area contributed by atoms with Gasteiger partial charge in [0.2, 0.25) is 0 Å². The van der Waals surface area contributed by atoms with Crippen LogP contribution in [0.4, 0.5) is 5.69 Å². The van der Waals surface area contributed by atoms with Crippen molar-refractivity contribution in [1.82, 2.24) is 0 Å². The highest BCUT2D eigenvalue weighted by molar-refractivity contribution is 8.00. The molecular weight excluding hydrogens is 282 g/mol. The van der Waals surface area contributed by atoms with Crippen molar-refractivity contribution in [3.63, 3.8) is 0 Å². The molecule has 0 bridgehead atoms. The largest absolute Gasteiger partial charge is 0.381 e. The fourth-order valence-electron chi connectivity index (χ4n) is 3.16. The van der Waals surface area contributed by atoms with E-state index in [1.165, 1.54) is 54.9 Å². The van der Waals surface area contributed by atoms with E-state index in [1.54, 1.807) is 0 Å². The minimum Gasteiger partial charge on any atom is -0.381 e. The molecule has 3 heteroatoms. The zero-order valence-corrected chi connectivity index (χ0v) is 13.9. The molecular formula is C17H25NS2. The lowest BCUT2D eigenvalue weighted by molar-refractivity contribution is 0.617. The Morgan fingerprint density at radius 2 is 1.80 bits per heavy atom. The maximum atomic E-state index is 3.72. The summed E-state index contributed by atoms with van der Waals surface area (Å²) in [6.07, 6.45) is 8.32. The molecule has 1 saturated heterocycles. The average Bonchev–Trinajstić information content (AvgIpc) is 2.96. The molecule has 0 radical (unpaired) electrons. The highest BCUT2D eigenvalue weighted by Gasteiger charge is 2.21. The third kappa shape index (κ3) is 3.88. The molecule has 1 aliphatic carbocycles. The van der Waals surface area contributed by atoms with Crippen LogP contribution < -0.4 is 5.32 Å². The van der Waals surface area contributed by atoms with Crippen LogP contribution in [0, 0.1) is 0 Å². The van der Waals surface area contributed by atoms with Crippen LogP contribution in [0.15, 0.2) is 29.2 Å². The van der Waals surface area contributed by atoms with Crippen molar-refractivity contribution in [3.8, 4) is 0 Å². The van der Waals surface area contributed by atoms with Gasteiger partial charge in [-0.1, -0.05) is 19.8 Å². The molecule has 0 aromatic heterocycles. The monoisotopic (exact) mass is 307 g/mol. The van der Waals surface area contributed by atoms with Gasteiger partial charge in [0.1, 0.15) is 0 Å². The quantitative estimate of drug-likeness (QED) is 0.798. The molecule has 1 aromatic rings. The number of hydrogen-bond acceptors (Lipinski definition) is 3. The van der Waals surface area contributed by atoms with Crippen molar-refractivity contribution in [3.05, 3.63) is 24.3 Å². The molecule has 0 amide bonds. The number of rotatable bonds is 4. The Bertz CT molecular complexity index is 412. The maximum absolute atomic E-state index is 3.72. The van der Waals surface area contributed by atoms with E-state index in [9.17, 15) is 0 Å². The molecule has 3 rings (SSSR count). The molecule has 2 unspecified atom stereocenters. The molecule has 2 atom stereocenters. The Labute approximate surface area is 131 Å². The first-order valence-electron chi connectivity index (χ1n) is 7.96. The number of nitrogens with one attached hydrogen (secondary N) is 1. The molecule has 1 nitrogen and oxygen atoms in total. The first-order chi connectivity index (χ1) is 9.81. The Hall–Kier alpha value is -0.280. The summed E-state index contributed by atoms with van der Waals surface area (Å²) < 4.78 is 0. The minimum absolute atomic E-state index is 0.641. The summed E-state index contributed by atoms with van der Waals surface area (Å²) in [5.41, 5.74) is 1.29. The standard InChI is InChI=1S/C17H25NS2/c1-13-17(7-4-12-19-13)18-14-8-10-16(11-9-14)20-15-5-2-3-6-15/h8-11,13,15,17-18H,2-7,12H2,1H3. The predicted molar refractivity (Wildman–Crippen MR) is 93.1 cm³/mol. The lowest BCUT2D eigenvalue weighted by Gasteiger charge is -2.30. The molecule has 0 spiro atoms. The van der Waals surface area contributed by atoms with Crippen molar-refractivity contribution in [1.29, 1.82) is 0 Å². The SMILES string of the molecule is CC1SCCCC1Nc1ccc(SC2CCCC2)cc1. The molecule has 2 fully saturated rings. The molecule has 1 heterocycles. The third-order valence-electron chi connectivity index (χ3n) is 4.42. The van der Waals surface area contributed by atoms with E-state index in [2.05, 4.69) is 60.0 Å². The summed E-state index contributed by atoms with van der Waals surface area (Å²) in [4.78, 5) is 1.44. The summed E-state index contributed by atoms with van der Waals surface area (Å²) in [6, 6.07) is 9.77. The summed E-state index contributed by atoms with van der Waals surface area (Å²) in [5, 5.41) is 5.32. The van der Waals surface area contributed by atoms with E-state index >= 15 is 0 Å². The van der Waals surface area contributed by atoms with E-state index in [1.807, 2.05) is 0 Å². The molecule has 1 aromatic carbocycles. The van der Waals surface area contributed by atoms with Gasteiger partial charge >= 0.3 is 0 Å². The van der Waals surface area contributed by atoms with Gasteiger partial charge in [-0.25, -0.2) is 0 Å². The van der Waals surface area contributed by atoms with E-state index in [0.717, 1.165) is 10.5 Å². The minimum atomic E-state index is 0.641. The van der Waals surface area contributed by atoms with Crippen LogP contribution in [0.3, 0.4) is 0 Å². The molecule has 2 aliphatic rings. The van der Waals surface area contributed by atoms with Crippen LogP contribution in [-0.4, -0.2) is 22.3 Å². The lowest BCUT2D eigenvalue weighted by Crippen LogP contribution is -2.32. The highest BCUT2D eigenvalue weighted by atomic mass is 32.2. The summed E-state index contributed by atoms with van der Waals surface area (Å²) in [7, 11) is 0. The second kappa shape index (κ2) is 7.13. The fraction of sp³-hybridized carbons (Fsp3) is 0.647. The highest BCUT2D eigenvalue weighted by Crippen LogP contribution is 2.35. The Balaban J connectivity index is 1.55. The van der Waals surface area contributed by atoms with E-state index in [0.29, 0.717) is 6.04 Å². The molecule has 110 valence electrons. The molecule has 1 N–H and O–H groups in total. The summed E-state index contributed by atoms with van der Waals surface area (Å²) in [5.74, 6) is 1.33. The van der Waals surface area contributed by atoms with Gasteiger partial charge in [0.05, 0.1) is 0 Å². The summed E-state index contributed by atoms with van der Waals surface area (Å²) in [6.45, 7) is 2.35. The van der Waals surface area contributed by atoms with Crippen molar-refractivity contribution >= 4 is 29.2 Å². The van der Waals surface area contributed by atoms with Gasteiger partial charge in [-0.2, -0.15) is 11.8 Å². The number of thioether (sulfide) groups is 2. The van der Waals surface area contributed by atoms with Gasteiger partial charge in [-0.05, 0) is 55.7 Å². The Morgan fingerprint density at radius 3 is 2.50 bits per heavy atom. The van der Waals surface area contributed by atoms with Crippen LogP contribution in [0.1, 0.15) is 45.4 Å². The number of benzene rings is 1. The fourth-order valence-corrected chi connectivity index (χ4v) is 5.54. The van der Waals surface area contributed by atoms with Crippen molar-refractivity contribution in [2.45, 2.75) is 66.9 Å². The number of anilines is 1. The zero-order chi connectivity index (χ0) is 13.8. The van der Waals surface area contributed by atoms with Gasteiger partial charge in [-0.15, -0.1) is 11.8 Å². The third-order valence-corrected chi connectivity index (χ3v) is 7.15. The normalized spacial score (nSPS) is 27.6. The lowest BCUT2D eigenvalue weighted by atomic mass is 10.1. The smallest absolute Gasteiger partial charge is 0.0377 e. The second-order valence-corrected chi connectivity index (χ2v) is 8.88. The van der Waals surface area contributed by atoms with Gasteiger partial charge < -0.3 is 5.32 Å². The topological polar surface area (TPSA) is 12.0 Å². The van der Waals surface area contributed by atoms with Crippen molar-refractivity contribution in [2.24, 2.45) is 0 Å². The van der Waals surface area contributed by atoms with Crippen LogP contribution in [0.5, 0.6) is 0 Å². The first kappa shape index (κ1) is 14.6. The van der Waals surface area contributed by atoms with Crippen LogP contribution in [0.25, 0.3) is 0 Å². The Morgan fingerprint density at radius 1 is 1.05 bits per heavy atom. The van der Waals surface area contributed by atoms with Crippen molar-refractivity contribution < 1.29 is 0 Å². The van der Waals surface area contributed by atoms with Crippen molar-refractivity contribution in [2.75, 3.05) is 11.1 Å².